The number of benzene rings is 2. The zero-order chi connectivity index (χ0) is 13.8. The molecule has 0 aromatic heterocycles. The van der Waals surface area contributed by atoms with Crippen LogP contribution in [0.4, 0.5) is 5.69 Å². The molecular formula is C17H17NO2. The second kappa shape index (κ2) is 5.78. The molecule has 2 aromatic carbocycles. The van der Waals surface area contributed by atoms with E-state index in [2.05, 4.69) is 17.0 Å². The monoisotopic (exact) mass is 267 g/mol. The summed E-state index contributed by atoms with van der Waals surface area (Å²) in [5.41, 5.74) is 3.48. The number of nitrogens with zero attached hydrogens (tertiary/aromatic N) is 1. The van der Waals surface area contributed by atoms with E-state index in [1.165, 1.54) is 5.56 Å². The van der Waals surface area contributed by atoms with Crippen molar-refractivity contribution in [1.29, 1.82) is 0 Å². The number of para-hydroxylation sites is 1. The van der Waals surface area contributed by atoms with Gasteiger partial charge in [0.15, 0.2) is 0 Å². The van der Waals surface area contributed by atoms with Crippen LogP contribution in [-0.4, -0.2) is 19.1 Å². The first-order valence-electron chi connectivity index (χ1n) is 6.85. The largest absolute Gasteiger partial charge is 0.459 e. The van der Waals surface area contributed by atoms with Gasteiger partial charge < -0.3 is 9.64 Å². The maximum atomic E-state index is 11.9. The fourth-order valence-electron chi connectivity index (χ4n) is 2.51. The normalized spacial score (nSPS) is 13.1. The number of carbonyl (C=O) groups excluding carboxylic acids is 1. The second-order valence-electron chi connectivity index (χ2n) is 4.95. The first-order valence-corrected chi connectivity index (χ1v) is 6.85. The molecule has 1 heterocycles. The topological polar surface area (TPSA) is 29.5 Å². The molecule has 0 atom stereocenters. The van der Waals surface area contributed by atoms with Crippen LogP contribution in [0.2, 0.25) is 0 Å². The molecule has 3 heteroatoms. The van der Waals surface area contributed by atoms with Crippen molar-refractivity contribution < 1.29 is 9.53 Å². The Morgan fingerprint density at radius 3 is 2.65 bits per heavy atom. The molecule has 102 valence electrons. The van der Waals surface area contributed by atoms with Crippen molar-refractivity contribution in [3.8, 4) is 0 Å². The molecular weight excluding hydrogens is 250 g/mol. The van der Waals surface area contributed by atoms with E-state index in [0.717, 1.165) is 24.2 Å². The van der Waals surface area contributed by atoms with Crippen LogP contribution in [0.15, 0.2) is 54.6 Å². The molecule has 0 unspecified atom stereocenters. The standard InChI is InChI=1S/C17H17NO2/c19-17(20-13-14-6-2-1-3-7-14)12-18-11-10-15-8-4-5-9-16(15)18/h1-9H,10-13H2. The lowest BCUT2D eigenvalue weighted by molar-refractivity contribution is -0.143. The van der Waals surface area contributed by atoms with E-state index >= 15 is 0 Å². The van der Waals surface area contributed by atoms with E-state index in [1.807, 2.05) is 42.5 Å². The van der Waals surface area contributed by atoms with Gasteiger partial charge in [-0.2, -0.15) is 0 Å². The van der Waals surface area contributed by atoms with Crippen LogP contribution in [0.25, 0.3) is 0 Å². The predicted octanol–water partition coefficient (Wildman–Crippen LogP) is 2.79. The van der Waals surface area contributed by atoms with Gasteiger partial charge in [-0.25, -0.2) is 0 Å². The number of hydrogen-bond donors (Lipinski definition) is 0. The highest BCUT2D eigenvalue weighted by atomic mass is 16.5. The zero-order valence-corrected chi connectivity index (χ0v) is 11.3. The third kappa shape index (κ3) is 2.82. The summed E-state index contributed by atoms with van der Waals surface area (Å²) >= 11 is 0. The maximum absolute atomic E-state index is 11.9. The molecule has 0 N–H and O–H groups in total. The van der Waals surface area contributed by atoms with Crippen LogP contribution in [0, 0.1) is 0 Å². The Bertz CT molecular complexity index is 595. The highest BCUT2D eigenvalue weighted by Gasteiger charge is 2.20. The summed E-state index contributed by atoms with van der Waals surface area (Å²) in [4.78, 5) is 14.0. The van der Waals surface area contributed by atoms with E-state index in [1.54, 1.807) is 0 Å². The van der Waals surface area contributed by atoms with Crippen LogP contribution in [0.5, 0.6) is 0 Å². The first-order chi connectivity index (χ1) is 9.83. The van der Waals surface area contributed by atoms with Crippen LogP contribution in [0.3, 0.4) is 0 Å². The zero-order valence-electron chi connectivity index (χ0n) is 11.3. The lowest BCUT2D eigenvalue weighted by atomic mass is 10.2. The lowest BCUT2D eigenvalue weighted by Gasteiger charge is -2.18. The van der Waals surface area contributed by atoms with Crippen LogP contribution < -0.4 is 4.90 Å². The summed E-state index contributed by atoms with van der Waals surface area (Å²) < 4.78 is 5.32. The van der Waals surface area contributed by atoms with Crippen molar-refractivity contribution >= 4 is 11.7 Å². The Kier molecular flexibility index (Phi) is 3.68. The fraction of sp³-hybridized carbons (Fsp3) is 0.235. The molecule has 3 nitrogen and oxygen atoms in total. The molecule has 0 fully saturated rings. The van der Waals surface area contributed by atoms with Crippen molar-refractivity contribution in [3.05, 3.63) is 65.7 Å². The summed E-state index contributed by atoms with van der Waals surface area (Å²) in [6, 6.07) is 18.0. The van der Waals surface area contributed by atoms with Crippen LogP contribution >= 0.6 is 0 Å². The van der Waals surface area contributed by atoms with Gasteiger partial charge >= 0.3 is 5.97 Å². The van der Waals surface area contributed by atoms with Gasteiger partial charge in [-0.05, 0) is 23.6 Å². The quantitative estimate of drug-likeness (QED) is 0.798. The second-order valence-corrected chi connectivity index (χ2v) is 4.95. The molecule has 0 aliphatic carbocycles. The molecule has 0 saturated carbocycles. The fourth-order valence-corrected chi connectivity index (χ4v) is 2.51. The molecule has 0 bridgehead atoms. The van der Waals surface area contributed by atoms with Gasteiger partial charge in [0.1, 0.15) is 13.2 Å². The van der Waals surface area contributed by atoms with Crippen molar-refractivity contribution in [1.82, 2.24) is 0 Å². The Balaban J connectivity index is 1.55. The van der Waals surface area contributed by atoms with Crippen LogP contribution in [0.1, 0.15) is 11.1 Å². The SMILES string of the molecule is O=C(CN1CCc2ccccc21)OCc1ccccc1. The summed E-state index contributed by atoms with van der Waals surface area (Å²) in [5, 5.41) is 0. The number of rotatable bonds is 4. The van der Waals surface area contributed by atoms with Crippen molar-refractivity contribution in [3.63, 3.8) is 0 Å². The molecule has 20 heavy (non-hydrogen) atoms. The van der Waals surface area contributed by atoms with E-state index in [-0.39, 0.29) is 5.97 Å². The van der Waals surface area contributed by atoms with Crippen LogP contribution in [-0.2, 0) is 22.6 Å². The molecule has 0 spiro atoms. The number of hydrogen-bond acceptors (Lipinski definition) is 3. The molecule has 0 amide bonds. The third-order valence-corrected chi connectivity index (χ3v) is 3.55. The van der Waals surface area contributed by atoms with E-state index in [9.17, 15) is 4.79 Å². The average molecular weight is 267 g/mol. The number of ether oxygens (including phenoxy) is 1. The average Bonchev–Trinajstić information content (AvgIpc) is 2.90. The van der Waals surface area contributed by atoms with Gasteiger partial charge in [0.2, 0.25) is 0 Å². The third-order valence-electron chi connectivity index (χ3n) is 3.55. The van der Waals surface area contributed by atoms with E-state index in [0.29, 0.717) is 13.2 Å². The Morgan fingerprint density at radius 2 is 1.80 bits per heavy atom. The summed E-state index contributed by atoms with van der Waals surface area (Å²) in [6.07, 6.45) is 1.00. The van der Waals surface area contributed by atoms with Gasteiger partial charge in [0.25, 0.3) is 0 Å². The predicted molar refractivity (Wildman–Crippen MR) is 78.6 cm³/mol. The van der Waals surface area contributed by atoms with Gasteiger partial charge in [0, 0.05) is 12.2 Å². The van der Waals surface area contributed by atoms with Gasteiger partial charge in [-0.1, -0.05) is 48.5 Å². The lowest BCUT2D eigenvalue weighted by Crippen LogP contribution is -2.29. The minimum Gasteiger partial charge on any atom is -0.459 e. The highest BCUT2D eigenvalue weighted by Crippen LogP contribution is 2.26. The van der Waals surface area contributed by atoms with Gasteiger partial charge in [-0.15, -0.1) is 0 Å². The maximum Gasteiger partial charge on any atom is 0.325 e. The first kappa shape index (κ1) is 12.7. The highest BCUT2D eigenvalue weighted by molar-refractivity contribution is 5.77. The van der Waals surface area contributed by atoms with Gasteiger partial charge in [0.05, 0.1) is 0 Å². The van der Waals surface area contributed by atoms with Crippen molar-refractivity contribution in [2.24, 2.45) is 0 Å². The summed E-state index contributed by atoms with van der Waals surface area (Å²) in [6.45, 7) is 1.55. The minimum atomic E-state index is -0.175. The summed E-state index contributed by atoms with van der Waals surface area (Å²) in [5.74, 6) is -0.175. The number of anilines is 1. The van der Waals surface area contributed by atoms with E-state index in [4.69, 9.17) is 4.74 Å². The van der Waals surface area contributed by atoms with Crippen molar-refractivity contribution in [2.45, 2.75) is 13.0 Å². The molecule has 0 radical (unpaired) electrons. The summed E-state index contributed by atoms with van der Waals surface area (Å²) in [7, 11) is 0. The smallest absolute Gasteiger partial charge is 0.325 e. The van der Waals surface area contributed by atoms with Gasteiger partial charge in [-0.3, -0.25) is 4.79 Å². The Labute approximate surface area is 118 Å². The Hall–Kier alpha value is -2.29. The molecule has 2 aromatic rings. The molecule has 1 aliphatic rings. The number of esters is 1. The van der Waals surface area contributed by atoms with Crippen molar-refractivity contribution in [2.75, 3.05) is 18.0 Å². The molecule has 1 aliphatic heterocycles. The van der Waals surface area contributed by atoms with E-state index < -0.39 is 0 Å². The molecule has 0 saturated heterocycles. The number of carbonyl (C=O) groups is 1. The Morgan fingerprint density at radius 1 is 1.05 bits per heavy atom. The number of fused-ring (bicyclic) bond motifs is 1. The minimum absolute atomic E-state index is 0.175. The molecule has 3 rings (SSSR count).